The van der Waals surface area contributed by atoms with Gasteiger partial charge in [0.1, 0.15) is 0 Å². The highest BCUT2D eigenvalue weighted by molar-refractivity contribution is 5.82. The van der Waals surface area contributed by atoms with Crippen LogP contribution in [0.4, 0.5) is 0 Å². The Morgan fingerprint density at radius 3 is 2.00 bits per heavy atom. The maximum atomic E-state index is 5.03. The molecule has 0 aliphatic heterocycles. The molecule has 1 saturated carbocycles. The molecular weight excluding hydrogens is 278 g/mol. The number of aromatic nitrogens is 1. The average Bonchev–Trinajstić information content (AvgIpc) is 2.55. The Labute approximate surface area is 141 Å². The quantitative estimate of drug-likeness (QED) is 0.556. The van der Waals surface area contributed by atoms with Crippen LogP contribution < -0.4 is 0 Å². The van der Waals surface area contributed by atoms with E-state index in [1.807, 2.05) is 0 Å². The molecule has 0 N–H and O–H groups in total. The Balaban J connectivity index is 1.78. The van der Waals surface area contributed by atoms with E-state index in [0.29, 0.717) is 5.92 Å². The van der Waals surface area contributed by atoms with Crippen LogP contribution in [0.15, 0.2) is 30.3 Å². The van der Waals surface area contributed by atoms with Crippen molar-refractivity contribution < 1.29 is 0 Å². The fourth-order valence-corrected chi connectivity index (χ4v) is 4.04. The topological polar surface area (TPSA) is 12.9 Å². The van der Waals surface area contributed by atoms with Gasteiger partial charge in [0.05, 0.1) is 5.52 Å². The van der Waals surface area contributed by atoms with Crippen LogP contribution in [0.2, 0.25) is 0 Å². The molecule has 1 heteroatoms. The van der Waals surface area contributed by atoms with Crippen molar-refractivity contribution in [1.29, 1.82) is 0 Å². The van der Waals surface area contributed by atoms with Crippen molar-refractivity contribution >= 4 is 10.9 Å². The van der Waals surface area contributed by atoms with Gasteiger partial charge in [-0.1, -0.05) is 76.0 Å². The zero-order valence-corrected chi connectivity index (χ0v) is 14.7. The van der Waals surface area contributed by atoms with E-state index in [1.165, 1.54) is 92.8 Å². The monoisotopic (exact) mass is 309 g/mol. The lowest BCUT2D eigenvalue weighted by Crippen LogP contribution is -2.04. The van der Waals surface area contributed by atoms with Crippen molar-refractivity contribution in [3.05, 3.63) is 41.6 Å². The van der Waals surface area contributed by atoms with E-state index >= 15 is 0 Å². The molecule has 124 valence electrons. The van der Waals surface area contributed by atoms with Gasteiger partial charge in [-0.15, -0.1) is 0 Å². The van der Waals surface area contributed by atoms with Crippen LogP contribution in [0.25, 0.3) is 10.9 Å². The molecular formula is C22H31N. The first kappa shape index (κ1) is 16.5. The smallest absolute Gasteiger partial charge is 0.0708 e. The highest BCUT2D eigenvalue weighted by Gasteiger charge is 2.15. The summed E-state index contributed by atoms with van der Waals surface area (Å²) in [6.45, 7) is 2.24. The molecule has 23 heavy (non-hydrogen) atoms. The first-order chi connectivity index (χ1) is 11.3. The molecule has 0 amide bonds. The molecule has 0 saturated heterocycles. The maximum Gasteiger partial charge on any atom is 0.0708 e. The molecule has 1 aromatic heterocycles. The highest BCUT2D eigenvalue weighted by atomic mass is 14.7. The summed E-state index contributed by atoms with van der Waals surface area (Å²) in [5.41, 5.74) is 3.91. The predicted molar refractivity (Wildman–Crippen MR) is 100 cm³/mol. The van der Waals surface area contributed by atoms with Crippen LogP contribution in [-0.4, -0.2) is 4.98 Å². The van der Waals surface area contributed by atoms with Crippen molar-refractivity contribution in [2.45, 2.75) is 83.5 Å². The van der Waals surface area contributed by atoms with Gasteiger partial charge >= 0.3 is 0 Å². The van der Waals surface area contributed by atoms with Gasteiger partial charge in [-0.3, -0.25) is 4.98 Å². The van der Waals surface area contributed by atoms with Gasteiger partial charge in [0.25, 0.3) is 0 Å². The summed E-state index contributed by atoms with van der Waals surface area (Å²) < 4.78 is 0. The van der Waals surface area contributed by atoms with E-state index in [9.17, 15) is 0 Å². The number of benzene rings is 1. The largest absolute Gasteiger partial charge is 0.253 e. The Morgan fingerprint density at radius 2 is 1.35 bits per heavy atom. The van der Waals surface area contributed by atoms with Crippen LogP contribution in [0.5, 0.6) is 0 Å². The van der Waals surface area contributed by atoms with Crippen LogP contribution in [0, 0.1) is 6.92 Å². The summed E-state index contributed by atoms with van der Waals surface area (Å²) in [4.78, 5) is 5.03. The Hall–Kier alpha value is -1.37. The van der Waals surface area contributed by atoms with E-state index in [4.69, 9.17) is 4.98 Å². The second kappa shape index (κ2) is 8.47. The lowest BCUT2D eigenvalue weighted by Gasteiger charge is -2.19. The molecule has 0 radical (unpaired) electrons. The van der Waals surface area contributed by atoms with Gasteiger partial charge in [0, 0.05) is 17.0 Å². The van der Waals surface area contributed by atoms with Crippen molar-refractivity contribution in [3.8, 4) is 0 Å². The van der Waals surface area contributed by atoms with Crippen molar-refractivity contribution in [2.24, 2.45) is 0 Å². The van der Waals surface area contributed by atoms with E-state index in [1.54, 1.807) is 0 Å². The number of hydrogen-bond acceptors (Lipinski definition) is 1. The van der Waals surface area contributed by atoms with Crippen molar-refractivity contribution in [1.82, 2.24) is 4.98 Å². The maximum absolute atomic E-state index is 5.03. The Morgan fingerprint density at radius 1 is 0.783 bits per heavy atom. The molecule has 2 aromatic rings. The molecule has 1 nitrogen and oxygen atoms in total. The molecule has 1 aliphatic carbocycles. The predicted octanol–water partition coefficient (Wildman–Crippen LogP) is 6.93. The number of fused-ring (bicyclic) bond motifs is 1. The van der Waals surface area contributed by atoms with Gasteiger partial charge in [0.2, 0.25) is 0 Å². The van der Waals surface area contributed by atoms with E-state index < -0.39 is 0 Å². The number of para-hydroxylation sites is 1. The fourth-order valence-electron chi connectivity index (χ4n) is 4.04. The second-order valence-electron chi connectivity index (χ2n) is 7.34. The first-order valence-electron chi connectivity index (χ1n) is 9.71. The van der Waals surface area contributed by atoms with Gasteiger partial charge in [-0.05, 0) is 37.5 Å². The summed E-state index contributed by atoms with van der Waals surface area (Å²) in [5, 5.41) is 1.31. The van der Waals surface area contributed by atoms with Crippen LogP contribution in [0.1, 0.15) is 87.8 Å². The fraction of sp³-hybridized carbons (Fsp3) is 0.591. The van der Waals surface area contributed by atoms with E-state index in [0.717, 1.165) is 0 Å². The summed E-state index contributed by atoms with van der Waals surface area (Å²) in [5.74, 6) is 0.665. The third kappa shape index (κ3) is 4.56. The summed E-state index contributed by atoms with van der Waals surface area (Å²) in [6.07, 6.45) is 15.4. The molecule has 0 atom stereocenters. The minimum absolute atomic E-state index is 0.665. The standard InChI is InChI=1S/C22H31N/c1-18-17-22(23-21-16-12-11-15-20(18)21)19-13-9-7-5-3-2-4-6-8-10-14-19/h11-12,15-17,19H,2-10,13-14H2,1H3. The first-order valence-corrected chi connectivity index (χ1v) is 9.71. The number of pyridine rings is 1. The SMILES string of the molecule is Cc1cc(C2CCCCCCCCCCC2)nc2ccccc12. The van der Waals surface area contributed by atoms with Gasteiger partial charge < -0.3 is 0 Å². The van der Waals surface area contributed by atoms with Gasteiger partial charge in [-0.25, -0.2) is 0 Å². The highest BCUT2D eigenvalue weighted by Crippen LogP contribution is 2.30. The third-order valence-corrected chi connectivity index (χ3v) is 5.47. The molecule has 1 fully saturated rings. The molecule has 0 spiro atoms. The number of aryl methyl sites for hydroxylation is 1. The van der Waals surface area contributed by atoms with Crippen LogP contribution >= 0.6 is 0 Å². The van der Waals surface area contributed by atoms with E-state index in [-0.39, 0.29) is 0 Å². The summed E-state index contributed by atoms with van der Waals surface area (Å²) in [7, 11) is 0. The number of rotatable bonds is 1. The van der Waals surface area contributed by atoms with E-state index in [2.05, 4.69) is 37.3 Å². The van der Waals surface area contributed by atoms with Crippen molar-refractivity contribution in [2.75, 3.05) is 0 Å². The van der Waals surface area contributed by atoms with Crippen LogP contribution in [0.3, 0.4) is 0 Å². The van der Waals surface area contributed by atoms with Crippen molar-refractivity contribution in [3.63, 3.8) is 0 Å². The molecule has 3 rings (SSSR count). The molecule has 1 heterocycles. The molecule has 1 aromatic carbocycles. The Kier molecular flexibility index (Phi) is 6.07. The minimum atomic E-state index is 0.665. The summed E-state index contributed by atoms with van der Waals surface area (Å²) >= 11 is 0. The normalized spacial score (nSPS) is 19.2. The number of hydrogen-bond donors (Lipinski definition) is 0. The lowest BCUT2D eigenvalue weighted by molar-refractivity contribution is 0.462. The third-order valence-electron chi connectivity index (χ3n) is 5.47. The Bertz CT molecular complexity index is 604. The lowest BCUT2D eigenvalue weighted by atomic mass is 9.89. The molecule has 0 bridgehead atoms. The number of nitrogens with zero attached hydrogens (tertiary/aromatic N) is 1. The summed E-state index contributed by atoms with van der Waals surface area (Å²) in [6, 6.07) is 11.0. The van der Waals surface area contributed by atoms with Gasteiger partial charge in [-0.2, -0.15) is 0 Å². The molecule has 1 aliphatic rings. The minimum Gasteiger partial charge on any atom is -0.253 e. The second-order valence-corrected chi connectivity index (χ2v) is 7.34. The van der Waals surface area contributed by atoms with Crippen LogP contribution in [-0.2, 0) is 0 Å². The molecule has 0 unspecified atom stereocenters. The zero-order valence-electron chi connectivity index (χ0n) is 14.7. The zero-order chi connectivity index (χ0) is 15.9. The van der Waals surface area contributed by atoms with Gasteiger partial charge in [0.15, 0.2) is 0 Å². The average molecular weight is 309 g/mol.